The standard InChI is InChI=1S/C18H28N2O/c1-12-7-8-15(9-13(12)2)18(20-19)16-10-14-5-3-4-6-17(14)21-11-16/h3-6,12-13,15-16,18,20H,7-11,19H2,1-2H3. The topological polar surface area (TPSA) is 47.3 Å². The lowest BCUT2D eigenvalue weighted by Gasteiger charge is -2.41. The Morgan fingerprint density at radius 1 is 1.14 bits per heavy atom. The van der Waals surface area contributed by atoms with Crippen LogP contribution in [0.4, 0.5) is 0 Å². The first-order chi connectivity index (χ1) is 10.2. The van der Waals surface area contributed by atoms with Gasteiger partial charge in [-0.15, -0.1) is 0 Å². The van der Waals surface area contributed by atoms with Gasteiger partial charge in [-0.05, 0) is 48.6 Å². The number of rotatable bonds is 3. The number of hydrogen-bond acceptors (Lipinski definition) is 3. The van der Waals surface area contributed by atoms with Crippen LogP contribution in [0.2, 0.25) is 0 Å². The third-order valence-corrected chi connectivity index (χ3v) is 5.75. The van der Waals surface area contributed by atoms with Crippen molar-refractivity contribution in [2.45, 2.75) is 45.6 Å². The van der Waals surface area contributed by atoms with Gasteiger partial charge in [0.15, 0.2) is 0 Å². The second-order valence-electron chi connectivity index (χ2n) is 7.10. The summed E-state index contributed by atoms with van der Waals surface area (Å²) in [6.07, 6.45) is 4.98. The van der Waals surface area contributed by atoms with E-state index in [0.29, 0.717) is 17.9 Å². The van der Waals surface area contributed by atoms with Crippen molar-refractivity contribution in [1.82, 2.24) is 5.43 Å². The number of hydrazine groups is 1. The van der Waals surface area contributed by atoms with E-state index in [9.17, 15) is 0 Å². The number of ether oxygens (including phenoxy) is 1. The monoisotopic (exact) mass is 288 g/mol. The van der Waals surface area contributed by atoms with Crippen LogP contribution in [0, 0.1) is 23.7 Å². The van der Waals surface area contributed by atoms with Gasteiger partial charge in [0.25, 0.3) is 0 Å². The Morgan fingerprint density at radius 2 is 1.95 bits per heavy atom. The van der Waals surface area contributed by atoms with Crippen molar-refractivity contribution >= 4 is 0 Å². The van der Waals surface area contributed by atoms with Crippen LogP contribution in [0.1, 0.15) is 38.7 Å². The van der Waals surface area contributed by atoms with E-state index in [1.54, 1.807) is 0 Å². The van der Waals surface area contributed by atoms with Gasteiger partial charge in [0, 0.05) is 12.0 Å². The Kier molecular flexibility index (Phi) is 4.51. The Labute approximate surface area is 128 Å². The molecule has 1 fully saturated rings. The molecule has 3 rings (SSSR count). The molecule has 0 amide bonds. The molecule has 1 heterocycles. The molecule has 1 aromatic carbocycles. The molecular formula is C18H28N2O. The molecule has 0 spiro atoms. The fraction of sp³-hybridized carbons (Fsp3) is 0.667. The first kappa shape index (κ1) is 14.9. The van der Waals surface area contributed by atoms with Crippen LogP contribution in [0.3, 0.4) is 0 Å². The number of benzene rings is 1. The van der Waals surface area contributed by atoms with Gasteiger partial charge in [0.2, 0.25) is 0 Å². The van der Waals surface area contributed by atoms with Crippen LogP contribution >= 0.6 is 0 Å². The fourth-order valence-corrected chi connectivity index (χ4v) is 4.15. The van der Waals surface area contributed by atoms with Crippen LogP contribution in [0.5, 0.6) is 5.75 Å². The van der Waals surface area contributed by atoms with Crippen molar-refractivity contribution < 1.29 is 4.74 Å². The smallest absolute Gasteiger partial charge is 0.122 e. The largest absolute Gasteiger partial charge is 0.493 e. The maximum Gasteiger partial charge on any atom is 0.122 e. The van der Waals surface area contributed by atoms with E-state index in [2.05, 4.69) is 37.5 Å². The zero-order valence-corrected chi connectivity index (χ0v) is 13.2. The average molecular weight is 288 g/mol. The zero-order chi connectivity index (χ0) is 14.8. The molecule has 5 unspecified atom stereocenters. The normalized spacial score (nSPS) is 33.9. The molecule has 5 atom stereocenters. The number of hydrogen-bond donors (Lipinski definition) is 2. The molecule has 0 aromatic heterocycles. The van der Waals surface area contributed by atoms with Crippen LogP contribution in [-0.2, 0) is 6.42 Å². The summed E-state index contributed by atoms with van der Waals surface area (Å²) in [5, 5.41) is 0. The van der Waals surface area contributed by atoms with Crippen molar-refractivity contribution in [2.24, 2.45) is 29.5 Å². The predicted molar refractivity (Wildman–Crippen MR) is 85.9 cm³/mol. The summed E-state index contributed by atoms with van der Waals surface area (Å²) >= 11 is 0. The lowest BCUT2D eigenvalue weighted by Crippen LogP contribution is -2.50. The minimum Gasteiger partial charge on any atom is -0.493 e. The highest BCUT2D eigenvalue weighted by Gasteiger charge is 2.35. The van der Waals surface area contributed by atoms with E-state index in [1.165, 1.54) is 24.8 Å². The van der Waals surface area contributed by atoms with E-state index < -0.39 is 0 Å². The number of nitrogens with two attached hydrogens (primary N) is 1. The third-order valence-electron chi connectivity index (χ3n) is 5.75. The summed E-state index contributed by atoms with van der Waals surface area (Å²) in [6.45, 7) is 5.55. The summed E-state index contributed by atoms with van der Waals surface area (Å²) in [5.74, 6) is 9.79. The molecule has 2 aliphatic rings. The number of fused-ring (bicyclic) bond motifs is 1. The average Bonchev–Trinajstić information content (AvgIpc) is 2.51. The highest BCUT2D eigenvalue weighted by atomic mass is 16.5. The van der Waals surface area contributed by atoms with E-state index >= 15 is 0 Å². The van der Waals surface area contributed by atoms with Gasteiger partial charge in [-0.2, -0.15) is 0 Å². The van der Waals surface area contributed by atoms with Crippen molar-refractivity contribution in [1.29, 1.82) is 0 Å². The predicted octanol–water partition coefficient (Wildman–Crippen LogP) is 3.14. The molecule has 3 nitrogen and oxygen atoms in total. The second-order valence-corrected chi connectivity index (χ2v) is 7.10. The van der Waals surface area contributed by atoms with Crippen molar-refractivity contribution in [2.75, 3.05) is 6.61 Å². The zero-order valence-electron chi connectivity index (χ0n) is 13.2. The van der Waals surface area contributed by atoms with Gasteiger partial charge in [-0.25, -0.2) is 0 Å². The second kappa shape index (κ2) is 6.37. The maximum atomic E-state index is 5.96. The van der Waals surface area contributed by atoms with E-state index in [0.717, 1.165) is 30.6 Å². The lowest BCUT2D eigenvalue weighted by molar-refractivity contribution is 0.105. The van der Waals surface area contributed by atoms with Gasteiger partial charge >= 0.3 is 0 Å². The van der Waals surface area contributed by atoms with E-state index in [1.807, 2.05) is 6.07 Å². The van der Waals surface area contributed by atoms with Crippen molar-refractivity contribution in [3.05, 3.63) is 29.8 Å². The molecule has 21 heavy (non-hydrogen) atoms. The molecular weight excluding hydrogens is 260 g/mol. The van der Waals surface area contributed by atoms with Crippen LogP contribution in [0.25, 0.3) is 0 Å². The summed E-state index contributed by atoms with van der Waals surface area (Å²) in [6, 6.07) is 8.76. The maximum absolute atomic E-state index is 5.96. The van der Waals surface area contributed by atoms with E-state index in [4.69, 9.17) is 10.6 Å². The van der Waals surface area contributed by atoms with Crippen molar-refractivity contribution in [3.63, 3.8) is 0 Å². The molecule has 116 valence electrons. The van der Waals surface area contributed by atoms with Crippen LogP contribution in [-0.4, -0.2) is 12.6 Å². The van der Waals surface area contributed by atoms with Gasteiger partial charge in [-0.3, -0.25) is 11.3 Å². The van der Waals surface area contributed by atoms with Gasteiger partial charge in [0.05, 0.1) is 6.61 Å². The molecule has 0 radical (unpaired) electrons. The first-order valence-corrected chi connectivity index (χ1v) is 8.36. The molecule has 3 heteroatoms. The Bertz CT molecular complexity index is 476. The SMILES string of the molecule is CC1CCC(C(NN)C2COc3ccccc3C2)CC1C. The molecule has 1 aliphatic carbocycles. The van der Waals surface area contributed by atoms with Gasteiger partial charge in [-0.1, -0.05) is 38.5 Å². The Balaban J connectivity index is 1.70. The van der Waals surface area contributed by atoms with Crippen LogP contribution < -0.4 is 16.0 Å². The molecule has 1 aromatic rings. The third kappa shape index (κ3) is 3.09. The highest BCUT2D eigenvalue weighted by Crippen LogP contribution is 2.38. The Hall–Kier alpha value is -1.06. The van der Waals surface area contributed by atoms with Gasteiger partial charge in [0.1, 0.15) is 5.75 Å². The Morgan fingerprint density at radius 3 is 2.71 bits per heavy atom. The number of nitrogens with one attached hydrogen (secondary N) is 1. The molecule has 0 bridgehead atoms. The highest BCUT2D eigenvalue weighted by molar-refractivity contribution is 5.35. The number of para-hydroxylation sites is 1. The van der Waals surface area contributed by atoms with Crippen LogP contribution in [0.15, 0.2) is 24.3 Å². The van der Waals surface area contributed by atoms with Gasteiger partial charge < -0.3 is 4.74 Å². The summed E-state index contributed by atoms with van der Waals surface area (Å²) in [4.78, 5) is 0. The molecule has 3 N–H and O–H groups in total. The minimum absolute atomic E-state index is 0.369. The summed E-state index contributed by atoms with van der Waals surface area (Å²) in [7, 11) is 0. The first-order valence-electron chi connectivity index (χ1n) is 8.36. The quantitative estimate of drug-likeness (QED) is 0.663. The summed E-state index contributed by atoms with van der Waals surface area (Å²) in [5.41, 5.74) is 4.45. The summed E-state index contributed by atoms with van der Waals surface area (Å²) < 4.78 is 5.96. The molecule has 1 aliphatic heterocycles. The minimum atomic E-state index is 0.369. The lowest BCUT2D eigenvalue weighted by atomic mass is 9.70. The van der Waals surface area contributed by atoms with Crippen molar-refractivity contribution in [3.8, 4) is 5.75 Å². The molecule has 1 saturated carbocycles. The van der Waals surface area contributed by atoms with E-state index in [-0.39, 0.29) is 0 Å². The molecule has 0 saturated heterocycles. The fourth-order valence-electron chi connectivity index (χ4n) is 4.15.